The van der Waals surface area contributed by atoms with Crippen LogP contribution in [0.5, 0.6) is 0 Å². The Morgan fingerprint density at radius 3 is 2.94 bits per heavy atom. The second-order valence-electron chi connectivity index (χ2n) is 4.88. The van der Waals surface area contributed by atoms with Gasteiger partial charge in [-0.1, -0.05) is 24.1 Å². The molecule has 2 atom stereocenters. The summed E-state index contributed by atoms with van der Waals surface area (Å²) in [7, 11) is 0. The molecule has 1 heterocycles. The Morgan fingerprint density at radius 1 is 1.39 bits per heavy atom. The topological polar surface area (TPSA) is 29.3 Å². The van der Waals surface area contributed by atoms with Gasteiger partial charge in [0.2, 0.25) is 0 Å². The molecule has 1 fully saturated rings. The van der Waals surface area contributed by atoms with Crippen molar-refractivity contribution in [2.45, 2.75) is 12.5 Å². The van der Waals surface area contributed by atoms with E-state index in [4.69, 9.17) is 12.2 Å². The summed E-state index contributed by atoms with van der Waals surface area (Å²) in [6, 6.07) is 8.42. The first-order valence-corrected chi connectivity index (χ1v) is 6.25. The van der Waals surface area contributed by atoms with E-state index in [1.165, 1.54) is 5.57 Å². The Kier molecular flexibility index (Phi) is 2.70. The van der Waals surface area contributed by atoms with Crippen LogP contribution in [0.25, 0.3) is 0 Å². The van der Waals surface area contributed by atoms with E-state index < -0.39 is 0 Å². The molecule has 0 radical (unpaired) electrons. The molecule has 0 aromatic heterocycles. The molecule has 3 rings (SSSR count). The van der Waals surface area contributed by atoms with Crippen LogP contribution in [0.2, 0.25) is 0 Å². The van der Waals surface area contributed by atoms with E-state index in [1.54, 1.807) is 0 Å². The van der Waals surface area contributed by atoms with Crippen LogP contribution in [0.4, 0.5) is 5.69 Å². The Morgan fingerprint density at radius 2 is 2.22 bits per heavy atom. The molecule has 1 aromatic rings. The SMILES string of the molecule is C#Cc1cccc(N2C=C([C@@H]3C[C@H]3N)C=CC2)c1. The molecule has 2 N–H and O–H groups in total. The maximum Gasteiger partial charge on any atom is 0.0421 e. The first kappa shape index (κ1) is 11.1. The first-order valence-electron chi connectivity index (χ1n) is 6.25. The van der Waals surface area contributed by atoms with E-state index in [2.05, 4.69) is 35.2 Å². The predicted octanol–water partition coefficient (Wildman–Crippen LogP) is 2.28. The highest BCUT2D eigenvalue weighted by molar-refractivity contribution is 5.57. The van der Waals surface area contributed by atoms with Crippen LogP contribution in [0.1, 0.15) is 12.0 Å². The molecule has 18 heavy (non-hydrogen) atoms. The fourth-order valence-electron chi connectivity index (χ4n) is 2.35. The third-order valence-electron chi connectivity index (χ3n) is 3.53. The molecule has 0 amide bonds. The summed E-state index contributed by atoms with van der Waals surface area (Å²) >= 11 is 0. The van der Waals surface area contributed by atoms with E-state index >= 15 is 0 Å². The number of anilines is 1. The van der Waals surface area contributed by atoms with Crippen molar-refractivity contribution in [2.75, 3.05) is 11.4 Å². The average Bonchev–Trinajstić information content (AvgIpc) is 3.16. The number of nitrogens with two attached hydrogens (primary N) is 1. The Labute approximate surface area is 108 Å². The smallest absolute Gasteiger partial charge is 0.0421 e. The van der Waals surface area contributed by atoms with E-state index in [1.807, 2.05) is 18.2 Å². The molecule has 90 valence electrons. The van der Waals surface area contributed by atoms with Gasteiger partial charge in [-0.2, -0.15) is 0 Å². The van der Waals surface area contributed by atoms with Gasteiger partial charge >= 0.3 is 0 Å². The highest BCUT2D eigenvalue weighted by Gasteiger charge is 2.36. The maximum atomic E-state index is 5.91. The van der Waals surface area contributed by atoms with Gasteiger partial charge in [-0.15, -0.1) is 6.42 Å². The molecule has 1 aromatic carbocycles. The number of benzene rings is 1. The van der Waals surface area contributed by atoms with Crippen molar-refractivity contribution in [2.24, 2.45) is 11.7 Å². The molecule has 0 spiro atoms. The standard InChI is InChI=1S/C16H16N2/c1-2-12-5-3-7-14(9-12)18-8-4-6-13(11-18)15-10-16(15)17/h1,3-7,9,11,15-16H,8,10,17H2/t15-,16+/m0/s1. The number of hydrogen-bond acceptors (Lipinski definition) is 2. The van der Waals surface area contributed by atoms with Crippen molar-refractivity contribution >= 4 is 5.69 Å². The van der Waals surface area contributed by atoms with E-state index in [-0.39, 0.29) is 0 Å². The van der Waals surface area contributed by atoms with Crippen LogP contribution in [0.15, 0.2) is 48.2 Å². The van der Waals surface area contributed by atoms with Gasteiger partial charge in [0.1, 0.15) is 0 Å². The van der Waals surface area contributed by atoms with Crippen molar-refractivity contribution in [3.05, 3.63) is 53.8 Å². The summed E-state index contributed by atoms with van der Waals surface area (Å²) in [6.45, 7) is 0.888. The number of nitrogens with zero attached hydrogens (tertiary/aromatic N) is 1. The molecular formula is C16H16N2. The lowest BCUT2D eigenvalue weighted by Crippen LogP contribution is -2.20. The van der Waals surface area contributed by atoms with Gasteiger partial charge < -0.3 is 10.6 Å². The number of rotatable bonds is 2. The van der Waals surface area contributed by atoms with Crippen LogP contribution < -0.4 is 10.6 Å². The van der Waals surface area contributed by atoms with Crippen LogP contribution in [-0.4, -0.2) is 12.6 Å². The van der Waals surface area contributed by atoms with E-state index in [0.29, 0.717) is 12.0 Å². The third kappa shape index (κ3) is 2.05. The van der Waals surface area contributed by atoms with Gasteiger partial charge in [-0.25, -0.2) is 0 Å². The fraction of sp³-hybridized carbons (Fsp3) is 0.250. The van der Waals surface area contributed by atoms with Crippen molar-refractivity contribution in [1.29, 1.82) is 0 Å². The summed E-state index contributed by atoms with van der Waals surface area (Å²) in [5.41, 5.74) is 9.30. The minimum Gasteiger partial charge on any atom is -0.344 e. The molecule has 1 aliphatic carbocycles. The largest absolute Gasteiger partial charge is 0.344 e. The molecule has 2 nitrogen and oxygen atoms in total. The molecule has 2 heteroatoms. The Hall–Kier alpha value is -1.98. The number of hydrogen-bond donors (Lipinski definition) is 1. The first-order chi connectivity index (χ1) is 8.78. The van der Waals surface area contributed by atoms with Crippen molar-refractivity contribution in [3.63, 3.8) is 0 Å². The normalized spacial score (nSPS) is 25.6. The second kappa shape index (κ2) is 4.36. The molecule has 0 saturated heterocycles. The van der Waals surface area contributed by atoms with Crippen LogP contribution >= 0.6 is 0 Å². The third-order valence-corrected chi connectivity index (χ3v) is 3.53. The quantitative estimate of drug-likeness (QED) is 0.798. The van der Waals surface area contributed by atoms with Crippen LogP contribution in [0.3, 0.4) is 0 Å². The summed E-state index contributed by atoms with van der Waals surface area (Å²) < 4.78 is 0. The number of allylic oxidation sites excluding steroid dienone is 1. The van der Waals surface area contributed by atoms with E-state index in [0.717, 1.165) is 24.2 Å². The molecule has 0 bridgehead atoms. The molecule has 2 aliphatic rings. The zero-order valence-corrected chi connectivity index (χ0v) is 10.2. The zero-order chi connectivity index (χ0) is 12.5. The summed E-state index contributed by atoms with van der Waals surface area (Å²) in [5, 5.41) is 0. The zero-order valence-electron chi connectivity index (χ0n) is 10.2. The van der Waals surface area contributed by atoms with Crippen molar-refractivity contribution in [3.8, 4) is 12.3 Å². The average molecular weight is 236 g/mol. The maximum absolute atomic E-state index is 5.91. The molecular weight excluding hydrogens is 220 g/mol. The Bertz CT molecular complexity index is 563. The summed E-state index contributed by atoms with van der Waals surface area (Å²) in [6.07, 6.45) is 13.1. The van der Waals surface area contributed by atoms with Crippen molar-refractivity contribution in [1.82, 2.24) is 0 Å². The highest BCUT2D eigenvalue weighted by atomic mass is 15.1. The summed E-state index contributed by atoms with van der Waals surface area (Å²) in [5.74, 6) is 3.22. The van der Waals surface area contributed by atoms with Crippen LogP contribution in [-0.2, 0) is 0 Å². The minimum absolute atomic E-state index is 0.345. The lowest BCUT2D eigenvalue weighted by atomic mass is 10.1. The van der Waals surface area contributed by atoms with Gasteiger partial charge in [0.05, 0.1) is 0 Å². The van der Waals surface area contributed by atoms with Crippen molar-refractivity contribution < 1.29 is 0 Å². The molecule has 1 aliphatic heterocycles. The fourth-order valence-corrected chi connectivity index (χ4v) is 2.35. The van der Waals surface area contributed by atoms with Gasteiger partial charge in [-0.3, -0.25) is 0 Å². The molecule has 1 saturated carbocycles. The number of terminal acetylenes is 1. The molecule has 0 unspecified atom stereocenters. The highest BCUT2D eigenvalue weighted by Crippen LogP contribution is 2.37. The lowest BCUT2D eigenvalue weighted by molar-refractivity contribution is 0.911. The lowest BCUT2D eigenvalue weighted by Gasteiger charge is -2.23. The summed E-state index contributed by atoms with van der Waals surface area (Å²) in [4.78, 5) is 2.22. The van der Waals surface area contributed by atoms with E-state index in [9.17, 15) is 0 Å². The van der Waals surface area contributed by atoms with Gasteiger partial charge in [0.25, 0.3) is 0 Å². The monoisotopic (exact) mass is 236 g/mol. The minimum atomic E-state index is 0.345. The van der Waals surface area contributed by atoms with Gasteiger partial charge in [-0.05, 0) is 30.2 Å². The second-order valence-corrected chi connectivity index (χ2v) is 4.88. The Balaban J connectivity index is 1.86. The van der Waals surface area contributed by atoms with Gasteiger partial charge in [0, 0.05) is 36.0 Å². The van der Waals surface area contributed by atoms with Gasteiger partial charge in [0.15, 0.2) is 0 Å². The van der Waals surface area contributed by atoms with Crippen LogP contribution in [0, 0.1) is 18.3 Å². The predicted molar refractivity (Wildman–Crippen MR) is 75.0 cm³/mol.